The molecule has 0 aromatic carbocycles. The van der Waals surface area contributed by atoms with Gasteiger partial charge in [0, 0.05) is 12.8 Å². The van der Waals surface area contributed by atoms with Crippen molar-refractivity contribution < 1.29 is 19.1 Å². The summed E-state index contributed by atoms with van der Waals surface area (Å²) in [7, 11) is 0. The summed E-state index contributed by atoms with van der Waals surface area (Å²) in [6.07, 6.45) is 19.5. The Bertz CT molecular complexity index is 631. The largest absolute Gasteiger partial charge is 0.462 e. The van der Waals surface area contributed by atoms with Gasteiger partial charge in [0.2, 0.25) is 0 Å². The smallest absolute Gasteiger partial charge is 0.306 e. The lowest BCUT2D eigenvalue weighted by atomic mass is 9.88. The van der Waals surface area contributed by atoms with Gasteiger partial charge in [-0.05, 0) is 93.3 Å². The zero-order chi connectivity index (χ0) is 24.5. The highest BCUT2D eigenvalue weighted by atomic mass is 16.6. The summed E-state index contributed by atoms with van der Waals surface area (Å²) in [6, 6.07) is 0. The molecular formula is C30H52O4. The molecule has 4 heteroatoms. The molecule has 2 aliphatic carbocycles. The lowest BCUT2D eigenvalue weighted by Crippen LogP contribution is -2.16. The van der Waals surface area contributed by atoms with Crippen LogP contribution in [0.2, 0.25) is 0 Å². The molecule has 0 radical (unpaired) electrons. The number of esters is 2. The monoisotopic (exact) mass is 476 g/mol. The fraction of sp³-hybridized carbons (Fsp3) is 0.933. The molecule has 4 aliphatic rings. The highest BCUT2D eigenvalue weighted by Crippen LogP contribution is 2.44. The van der Waals surface area contributed by atoms with E-state index in [1.54, 1.807) is 0 Å². The van der Waals surface area contributed by atoms with E-state index in [0.717, 1.165) is 61.2 Å². The molecular weight excluding hydrogens is 424 g/mol. The van der Waals surface area contributed by atoms with Crippen molar-refractivity contribution in [2.24, 2.45) is 35.5 Å². The Labute approximate surface area is 209 Å². The summed E-state index contributed by atoms with van der Waals surface area (Å²) >= 11 is 0. The highest BCUT2D eigenvalue weighted by molar-refractivity contribution is 5.71. The Balaban J connectivity index is 0.000000192. The molecule has 4 rings (SSSR count). The Morgan fingerprint density at radius 3 is 1.62 bits per heavy atom. The molecule has 34 heavy (non-hydrogen) atoms. The van der Waals surface area contributed by atoms with Crippen LogP contribution < -0.4 is 0 Å². The van der Waals surface area contributed by atoms with E-state index in [2.05, 4.69) is 27.7 Å². The van der Waals surface area contributed by atoms with Crippen molar-refractivity contribution in [3.8, 4) is 0 Å². The summed E-state index contributed by atoms with van der Waals surface area (Å²) in [5.41, 5.74) is 0. The summed E-state index contributed by atoms with van der Waals surface area (Å²) in [6.45, 7) is 9.28. The summed E-state index contributed by atoms with van der Waals surface area (Å²) in [4.78, 5) is 22.1. The molecule has 2 aliphatic heterocycles. The average molecular weight is 477 g/mol. The molecule has 0 aromatic heterocycles. The lowest BCUT2D eigenvalue weighted by molar-refractivity contribution is -0.142. The predicted octanol–water partition coefficient (Wildman–Crippen LogP) is 7.87. The van der Waals surface area contributed by atoms with Gasteiger partial charge < -0.3 is 9.47 Å². The minimum absolute atomic E-state index is 0.0124. The molecule has 196 valence electrons. The summed E-state index contributed by atoms with van der Waals surface area (Å²) in [5.74, 6) is 5.52. The molecule has 0 spiro atoms. The maximum Gasteiger partial charge on any atom is 0.306 e. The quantitative estimate of drug-likeness (QED) is 0.301. The molecule has 0 aromatic rings. The van der Waals surface area contributed by atoms with Gasteiger partial charge in [0.1, 0.15) is 12.2 Å². The van der Waals surface area contributed by atoms with E-state index in [0.29, 0.717) is 12.8 Å². The Hall–Kier alpha value is -1.06. The van der Waals surface area contributed by atoms with E-state index >= 15 is 0 Å². The Morgan fingerprint density at radius 2 is 1.12 bits per heavy atom. The molecule has 2 heterocycles. The van der Waals surface area contributed by atoms with Crippen LogP contribution in [0.1, 0.15) is 130 Å². The van der Waals surface area contributed by atoms with Crippen LogP contribution in [0, 0.1) is 35.5 Å². The van der Waals surface area contributed by atoms with Gasteiger partial charge in [0.15, 0.2) is 0 Å². The van der Waals surface area contributed by atoms with Gasteiger partial charge in [0.25, 0.3) is 0 Å². The Kier molecular flexibility index (Phi) is 11.2. The zero-order valence-corrected chi connectivity index (χ0v) is 22.6. The normalized spacial score (nSPS) is 37.4. The van der Waals surface area contributed by atoms with Crippen molar-refractivity contribution in [1.29, 1.82) is 0 Å². The van der Waals surface area contributed by atoms with Crippen LogP contribution in [0.15, 0.2) is 0 Å². The molecule has 0 N–H and O–H groups in total. The number of cyclic esters (lactones) is 2. The van der Waals surface area contributed by atoms with Crippen molar-refractivity contribution in [1.82, 2.24) is 0 Å². The minimum atomic E-state index is 0.0124. The molecule has 8 atom stereocenters. The SMILES string of the molecule is CCC1CC(CC)C(CC2CCC(=O)O2)C1.CCC1CC(CC)C(CCCC2CCC(=O)O2)C1. The maximum absolute atomic E-state index is 11.1. The number of hydrogen-bond acceptors (Lipinski definition) is 4. The predicted molar refractivity (Wildman–Crippen MR) is 137 cm³/mol. The fourth-order valence-electron chi connectivity index (χ4n) is 7.46. The molecule has 2 saturated heterocycles. The first-order valence-electron chi connectivity index (χ1n) is 14.8. The third kappa shape index (κ3) is 7.98. The molecule has 4 nitrogen and oxygen atoms in total. The number of hydrogen-bond donors (Lipinski definition) is 0. The van der Waals surface area contributed by atoms with E-state index in [-0.39, 0.29) is 24.1 Å². The van der Waals surface area contributed by atoms with Gasteiger partial charge in [-0.1, -0.05) is 59.8 Å². The van der Waals surface area contributed by atoms with Crippen molar-refractivity contribution in [3.63, 3.8) is 0 Å². The van der Waals surface area contributed by atoms with Gasteiger partial charge in [-0.25, -0.2) is 0 Å². The maximum atomic E-state index is 11.1. The first kappa shape index (κ1) is 27.5. The molecule has 8 unspecified atom stereocenters. The van der Waals surface area contributed by atoms with Gasteiger partial charge in [-0.3, -0.25) is 9.59 Å². The van der Waals surface area contributed by atoms with Crippen LogP contribution in [-0.4, -0.2) is 24.1 Å². The van der Waals surface area contributed by atoms with Gasteiger partial charge in [-0.2, -0.15) is 0 Å². The van der Waals surface area contributed by atoms with E-state index < -0.39 is 0 Å². The van der Waals surface area contributed by atoms with Crippen LogP contribution in [0.3, 0.4) is 0 Å². The van der Waals surface area contributed by atoms with Crippen LogP contribution >= 0.6 is 0 Å². The fourth-order valence-corrected chi connectivity index (χ4v) is 7.46. The number of ether oxygens (including phenoxy) is 2. The summed E-state index contributed by atoms with van der Waals surface area (Å²) in [5, 5.41) is 0. The second-order valence-corrected chi connectivity index (χ2v) is 11.8. The number of rotatable bonds is 10. The standard InChI is InChI=1S/C16H28O2.C14H24O2/c1-3-12-10-13(4-2)14(11-12)6-5-7-15-8-9-16(17)18-15;1-3-10-7-11(4-2)12(8-10)9-13-5-6-14(15)16-13/h12-15H,3-11H2,1-2H3;10-13H,3-9H2,1-2H3. The molecule has 0 bridgehead atoms. The van der Waals surface area contributed by atoms with Crippen LogP contribution in [0.25, 0.3) is 0 Å². The van der Waals surface area contributed by atoms with Crippen LogP contribution in [0.5, 0.6) is 0 Å². The van der Waals surface area contributed by atoms with Crippen molar-refractivity contribution >= 4 is 11.9 Å². The van der Waals surface area contributed by atoms with E-state index in [4.69, 9.17) is 9.47 Å². The third-order valence-electron chi connectivity index (χ3n) is 9.68. The van der Waals surface area contributed by atoms with Crippen molar-refractivity contribution in [2.45, 2.75) is 143 Å². The van der Waals surface area contributed by atoms with Gasteiger partial charge >= 0.3 is 11.9 Å². The third-order valence-corrected chi connectivity index (χ3v) is 9.68. The van der Waals surface area contributed by atoms with E-state index in [9.17, 15) is 9.59 Å². The molecule has 0 amide bonds. The second kappa shape index (κ2) is 13.9. The lowest BCUT2D eigenvalue weighted by Gasteiger charge is -2.20. The minimum Gasteiger partial charge on any atom is -0.462 e. The second-order valence-electron chi connectivity index (χ2n) is 11.8. The molecule has 2 saturated carbocycles. The average Bonchev–Trinajstić information content (AvgIpc) is 3.62. The first-order valence-corrected chi connectivity index (χ1v) is 14.8. The van der Waals surface area contributed by atoms with Gasteiger partial charge in [0.05, 0.1) is 0 Å². The van der Waals surface area contributed by atoms with Crippen molar-refractivity contribution in [2.75, 3.05) is 0 Å². The van der Waals surface area contributed by atoms with E-state index in [1.807, 2.05) is 0 Å². The Morgan fingerprint density at radius 1 is 0.618 bits per heavy atom. The van der Waals surface area contributed by atoms with Gasteiger partial charge in [-0.15, -0.1) is 0 Å². The van der Waals surface area contributed by atoms with Crippen LogP contribution in [-0.2, 0) is 19.1 Å². The highest BCUT2D eigenvalue weighted by Gasteiger charge is 2.36. The van der Waals surface area contributed by atoms with Crippen molar-refractivity contribution in [3.05, 3.63) is 0 Å². The summed E-state index contributed by atoms with van der Waals surface area (Å²) < 4.78 is 10.6. The van der Waals surface area contributed by atoms with E-state index in [1.165, 1.54) is 64.2 Å². The topological polar surface area (TPSA) is 52.6 Å². The first-order chi connectivity index (χ1) is 16.4. The zero-order valence-electron chi connectivity index (χ0n) is 22.6. The number of carbonyl (C=O) groups is 2. The number of carbonyl (C=O) groups excluding carboxylic acids is 2. The molecule has 4 fully saturated rings. The van der Waals surface area contributed by atoms with Crippen LogP contribution in [0.4, 0.5) is 0 Å².